The molecular weight excluding hydrogens is 236 g/mol. The number of aryl methyl sites for hydroxylation is 2. The van der Waals surface area contributed by atoms with E-state index in [1.54, 1.807) is 0 Å². The third-order valence-electron chi connectivity index (χ3n) is 2.88. The molecule has 0 aromatic heterocycles. The summed E-state index contributed by atoms with van der Waals surface area (Å²) in [6.45, 7) is 4.72. The number of ether oxygens (including phenoxy) is 1. The molecule has 0 aliphatic heterocycles. The van der Waals surface area contributed by atoms with Gasteiger partial charge in [0.15, 0.2) is 5.78 Å². The number of ketones is 1. The van der Waals surface area contributed by atoms with Crippen LogP contribution < -0.4 is 0 Å². The first-order valence-electron chi connectivity index (χ1n) is 6.38. The molecule has 0 saturated heterocycles. The lowest BCUT2D eigenvalue weighted by molar-refractivity contribution is 0.0726. The molecule has 19 heavy (non-hydrogen) atoms. The zero-order valence-corrected chi connectivity index (χ0v) is 11.3. The highest BCUT2D eigenvalue weighted by Gasteiger charge is 2.05. The van der Waals surface area contributed by atoms with Gasteiger partial charge in [-0.15, -0.1) is 0 Å². The van der Waals surface area contributed by atoms with Gasteiger partial charge in [-0.1, -0.05) is 59.7 Å². The predicted molar refractivity (Wildman–Crippen MR) is 76.3 cm³/mol. The van der Waals surface area contributed by atoms with Crippen LogP contribution in [0.5, 0.6) is 0 Å². The lowest BCUT2D eigenvalue weighted by atomic mass is 10.1. The van der Waals surface area contributed by atoms with E-state index in [4.69, 9.17) is 4.74 Å². The first-order valence-corrected chi connectivity index (χ1v) is 6.38. The van der Waals surface area contributed by atoms with Gasteiger partial charge in [0.2, 0.25) is 0 Å². The van der Waals surface area contributed by atoms with Crippen molar-refractivity contribution in [1.82, 2.24) is 0 Å². The molecule has 0 N–H and O–H groups in total. The van der Waals surface area contributed by atoms with E-state index >= 15 is 0 Å². The molecule has 0 amide bonds. The molecule has 0 saturated carbocycles. The van der Waals surface area contributed by atoms with Gasteiger partial charge in [-0.2, -0.15) is 0 Å². The summed E-state index contributed by atoms with van der Waals surface area (Å²) in [4.78, 5) is 11.8. The molecule has 2 heteroatoms. The number of Topliss-reactive ketones (excluding diaryl/α,β-unsaturated/α-hetero) is 1. The summed E-state index contributed by atoms with van der Waals surface area (Å²) >= 11 is 0. The average Bonchev–Trinajstić information content (AvgIpc) is 2.38. The Labute approximate surface area is 114 Å². The summed E-state index contributed by atoms with van der Waals surface area (Å²) < 4.78 is 5.50. The molecule has 0 heterocycles. The van der Waals surface area contributed by atoms with Crippen molar-refractivity contribution in [2.75, 3.05) is 6.61 Å². The fourth-order valence-electron chi connectivity index (χ4n) is 2.12. The topological polar surface area (TPSA) is 26.3 Å². The van der Waals surface area contributed by atoms with Gasteiger partial charge in [0.1, 0.15) is 6.61 Å². The molecule has 0 atom stereocenters. The van der Waals surface area contributed by atoms with E-state index < -0.39 is 0 Å². The SMILES string of the molecule is Cc1cc(C)cc(COCC(=O)c2ccccc2)c1. The summed E-state index contributed by atoms with van der Waals surface area (Å²) in [6.07, 6.45) is 0. The second kappa shape index (κ2) is 6.30. The van der Waals surface area contributed by atoms with Gasteiger partial charge in [0.25, 0.3) is 0 Å². The minimum Gasteiger partial charge on any atom is -0.369 e. The molecule has 0 aliphatic rings. The van der Waals surface area contributed by atoms with Crippen molar-refractivity contribution in [2.24, 2.45) is 0 Å². The number of hydrogen-bond donors (Lipinski definition) is 0. The van der Waals surface area contributed by atoms with Crippen LogP contribution >= 0.6 is 0 Å². The van der Waals surface area contributed by atoms with Gasteiger partial charge in [-0.05, 0) is 19.4 Å². The largest absolute Gasteiger partial charge is 0.369 e. The Morgan fingerprint density at radius 1 is 1.00 bits per heavy atom. The predicted octanol–water partition coefficient (Wildman–Crippen LogP) is 3.70. The maximum absolute atomic E-state index is 11.8. The Kier molecular flexibility index (Phi) is 4.48. The Hall–Kier alpha value is -1.93. The number of hydrogen-bond acceptors (Lipinski definition) is 2. The number of carbonyl (C=O) groups excluding carboxylic acids is 1. The maximum Gasteiger partial charge on any atom is 0.188 e. The van der Waals surface area contributed by atoms with Gasteiger partial charge in [0, 0.05) is 5.56 Å². The summed E-state index contributed by atoms with van der Waals surface area (Å²) in [5.41, 5.74) is 4.24. The first kappa shape index (κ1) is 13.5. The van der Waals surface area contributed by atoms with Crippen LogP contribution in [-0.2, 0) is 11.3 Å². The van der Waals surface area contributed by atoms with E-state index in [9.17, 15) is 4.79 Å². The standard InChI is InChI=1S/C17H18O2/c1-13-8-14(2)10-15(9-13)11-19-12-17(18)16-6-4-3-5-7-16/h3-10H,11-12H2,1-2H3. The molecule has 0 aliphatic carbocycles. The van der Waals surface area contributed by atoms with Crippen molar-refractivity contribution in [3.05, 3.63) is 70.8 Å². The number of benzene rings is 2. The second-order valence-electron chi connectivity index (χ2n) is 4.78. The van der Waals surface area contributed by atoms with Crippen molar-refractivity contribution >= 4 is 5.78 Å². The average molecular weight is 254 g/mol. The molecule has 0 fully saturated rings. The van der Waals surface area contributed by atoms with Crippen molar-refractivity contribution in [3.63, 3.8) is 0 Å². The number of carbonyl (C=O) groups is 1. The molecule has 2 nitrogen and oxygen atoms in total. The fourth-order valence-corrected chi connectivity index (χ4v) is 2.12. The zero-order valence-electron chi connectivity index (χ0n) is 11.3. The highest BCUT2D eigenvalue weighted by molar-refractivity contribution is 5.96. The van der Waals surface area contributed by atoms with Gasteiger partial charge in [0.05, 0.1) is 6.61 Å². The molecule has 0 spiro atoms. The van der Waals surface area contributed by atoms with E-state index in [0.717, 1.165) is 5.56 Å². The molecule has 2 aromatic carbocycles. The Bertz CT molecular complexity index is 538. The molecule has 2 rings (SSSR count). The Morgan fingerprint density at radius 3 is 2.26 bits per heavy atom. The van der Waals surface area contributed by atoms with E-state index in [0.29, 0.717) is 12.2 Å². The maximum atomic E-state index is 11.8. The van der Waals surface area contributed by atoms with Crippen molar-refractivity contribution in [2.45, 2.75) is 20.5 Å². The number of rotatable bonds is 5. The van der Waals surface area contributed by atoms with Crippen molar-refractivity contribution in [1.29, 1.82) is 0 Å². The van der Waals surface area contributed by atoms with Gasteiger partial charge >= 0.3 is 0 Å². The Balaban J connectivity index is 1.88. The van der Waals surface area contributed by atoms with Crippen LogP contribution in [0.2, 0.25) is 0 Å². The van der Waals surface area contributed by atoms with E-state index in [-0.39, 0.29) is 12.4 Å². The quantitative estimate of drug-likeness (QED) is 0.760. The third-order valence-corrected chi connectivity index (χ3v) is 2.88. The molecular formula is C17H18O2. The lowest BCUT2D eigenvalue weighted by Gasteiger charge is -2.06. The highest BCUT2D eigenvalue weighted by Crippen LogP contribution is 2.10. The normalized spacial score (nSPS) is 10.4. The van der Waals surface area contributed by atoms with E-state index in [2.05, 4.69) is 32.0 Å². The Morgan fingerprint density at radius 2 is 1.63 bits per heavy atom. The van der Waals surface area contributed by atoms with E-state index in [1.807, 2.05) is 30.3 Å². The van der Waals surface area contributed by atoms with Crippen LogP contribution in [0.15, 0.2) is 48.5 Å². The summed E-state index contributed by atoms with van der Waals surface area (Å²) in [5.74, 6) is 0.0185. The fraction of sp³-hybridized carbons (Fsp3) is 0.235. The monoisotopic (exact) mass is 254 g/mol. The van der Waals surface area contributed by atoms with Crippen molar-refractivity contribution < 1.29 is 9.53 Å². The van der Waals surface area contributed by atoms with Crippen LogP contribution in [0, 0.1) is 13.8 Å². The second-order valence-corrected chi connectivity index (χ2v) is 4.78. The van der Waals surface area contributed by atoms with Crippen LogP contribution in [0.25, 0.3) is 0 Å². The van der Waals surface area contributed by atoms with Crippen LogP contribution in [0.1, 0.15) is 27.0 Å². The minimum absolute atomic E-state index is 0.0185. The third kappa shape index (κ3) is 4.04. The first-order chi connectivity index (χ1) is 9.15. The van der Waals surface area contributed by atoms with Crippen molar-refractivity contribution in [3.8, 4) is 0 Å². The molecule has 0 radical (unpaired) electrons. The lowest BCUT2D eigenvalue weighted by Crippen LogP contribution is -2.09. The summed E-state index contributed by atoms with van der Waals surface area (Å²) in [5, 5.41) is 0. The van der Waals surface area contributed by atoms with Gasteiger partial charge in [-0.25, -0.2) is 0 Å². The summed E-state index contributed by atoms with van der Waals surface area (Å²) in [7, 11) is 0. The van der Waals surface area contributed by atoms with Gasteiger partial charge < -0.3 is 4.74 Å². The molecule has 98 valence electrons. The van der Waals surface area contributed by atoms with Crippen LogP contribution in [-0.4, -0.2) is 12.4 Å². The zero-order chi connectivity index (χ0) is 13.7. The molecule has 0 unspecified atom stereocenters. The van der Waals surface area contributed by atoms with Crippen LogP contribution in [0.4, 0.5) is 0 Å². The van der Waals surface area contributed by atoms with Crippen LogP contribution in [0.3, 0.4) is 0 Å². The highest BCUT2D eigenvalue weighted by atomic mass is 16.5. The molecule has 0 bridgehead atoms. The van der Waals surface area contributed by atoms with E-state index in [1.165, 1.54) is 11.1 Å². The smallest absolute Gasteiger partial charge is 0.188 e. The minimum atomic E-state index is 0.0185. The van der Waals surface area contributed by atoms with Gasteiger partial charge in [-0.3, -0.25) is 4.79 Å². The molecule has 2 aromatic rings. The summed E-state index contributed by atoms with van der Waals surface area (Å²) in [6, 6.07) is 15.5.